The Kier molecular flexibility index (Phi) is 7.41. The minimum atomic E-state index is -4.60. The van der Waals surface area contributed by atoms with E-state index in [4.69, 9.17) is 0 Å². The molecule has 1 aliphatic heterocycles. The van der Waals surface area contributed by atoms with Gasteiger partial charge in [0.05, 0.1) is 12.8 Å². The highest BCUT2D eigenvalue weighted by Gasteiger charge is 2.33. The number of carbonyl (C=O) groups is 1. The first-order valence-electron chi connectivity index (χ1n) is 10.6. The van der Waals surface area contributed by atoms with Gasteiger partial charge < -0.3 is 10.2 Å². The first-order valence-corrected chi connectivity index (χ1v) is 10.6. The van der Waals surface area contributed by atoms with Gasteiger partial charge in [-0.05, 0) is 60.2 Å². The third-order valence-corrected chi connectivity index (χ3v) is 5.76. The quantitative estimate of drug-likeness (QED) is 0.609. The Morgan fingerprint density at radius 3 is 2.06 bits per heavy atom. The number of halogens is 6. The number of nitrogens with zero attached hydrogens (tertiary/aromatic N) is 1. The van der Waals surface area contributed by atoms with E-state index in [1.807, 2.05) is 32.0 Å². The molecule has 180 valence electrons. The first-order chi connectivity index (χ1) is 15.3. The molecule has 1 fully saturated rings. The van der Waals surface area contributed by atoms with Crippen LogP contribution in [0.3, 0.4) is 0 Å². The molecular formula is C24H26F6N2O. The number of carbonyl (C=O) groups excluding carboxylic acids is 1. The van der Waals surface area contributed by atoms with Gasteiger partial charge in [-0.1, -0.05) is 24.3 Å². The molecular weight excluding hydrogens is 446 g/mol. The van der Waals surface area contributed by atoms with Crippen LogP contribution in [0.1, 0.15) is 38.2 Å². The summed E-state index contributed by atoms with van der Waals surface area (Å²) in [6.45, 7) is 5.26. The van der Waals surface area contributed by atoms with Crippen LogP contribution in [0.25, 0.3) is 0 Å². The molecule has 2 aromatic rings. The average molecular weight is 472 g/mol. The minimum absolute atomic E-state index is 0.150. The highest BCUT2D eigenvalue weighted by atomic mass is 19.4. The highest BCUT2D eigenvalue weighted by molar-refractivity contribution is 5.95. The lowest BCUT2D eigenvalue weighted by molar-refractivity contribution is -0.127. The number of benzene rings is 2. The van der Waals surface area contributed by atoms with Gasteiger partial charge in [0.2, 0.25) is 0 Å². The van der Waals surface area contributed by atoms with Crippen molar-refractivity contribution in [2.24, 2.45) is 0 Å². The van der Waals surface area contributed by atoms with Crippen molar-refractivity contribution >= 4 is 5.91 Å². The fraction of sp³-hybridized carbons (Fsp3) is 0.458. The van der Waals surface area contributed by atoms with E-state index in [0.29, 0.717) is 26.1 Å². The second-order valence-corrected chi connectivity index (χ2v) is 8.60. The van der Waals surface area contributed by atoms with E-state index >= 15 is 0 Å². The lowest BCUT2D eigenvalue weighted by Crippen LogP contribution is -2.54. The standard InChI is InChI=1S/C24H26F6N2O/c1-15-3-4-17(7-16(15)2)11-21-14-31-5-6-32(21)22(33)20-9-18(12-23(25,26)27)8-19(10-20)13-24(28,29)30/h3-4,7-10,21,31H,5-6,11-14H2,1-2H3/t21-/m1/s1. The lowest BCUT2D eigenvalue weighted by atomic mass is 9.97. The third-order valence-electron chi connectivity index (χ3n) is 5.76. The lowest BCUT2D eigenvalue weighted by Gasteiger charge is -2.36. The zero-order chi connectivity index (χ0) is 24.4. The minimum Gasteiger partial charge on any atom is -0.333 e. The second kappa shape index (κ2) is 9.75. The van der Waals surface area contributed by atoms with E-state index in [-0.39, 0.29) is 22.7 Å². The Morgan fingerprint density at radius 2 is 1.52 bits per heavy atom. The summed E-state index contributed by atoms with van der Waals surface area (Å²) < 4.78 is 77.6. The molecule has 0 unspecified atom stereocenters. The fourth-order valence-electron chi connectivity index (χ4n) is 4.13. The van der Waals surface area contributed by atoms with Crippen molar-refractivity contribution in [2.45, 2.75) is 51.5 Å². The maximum Gasteiger partial charge on any atom is 0.393 e. The van der Waals surface area contributed by atoms with Gasteiger partial charge in [-0.15, -0.1) is 0 Å². The van der Waals surface area contributed by atoms with Crippen molar-refractivity contribution in [1.82, 2.24) is 10.2 Å². The number of amides is 1. The van der Waals surface area contributed by atoms with E-state index in [2.05, 4.69) is 5.32 Å². The summed E-state index contributed by atoms with van der Waals surface area (Å²) in [4.78, 5) is 14.8. The van der Waals surface area contributed by atoms with Gasteiger partial charge in [0, 0.05) is 31.2 Å². The SMILES string of the molecule is Cc1ccc(C[C@@H]2CNCCN2C(=O)c2cc(CC(F)(F)F)cc(CC(F)(F)F)c2)cc1C. The van der Waals surface area contributed by atoms with E-state index < -0.39 is 31.1 Å². The van der Waals surface area contributed by atoms with Crippen LogP contribution < -0.4 is 5.32 Å². The van der Waals surface area contributed by atoms with E-state index in [9.17, 15) is 31.1 Å². The molecule has 9 heteroatoms. The van der Waals surface area contributed by atoms with E-state index in [0.717, 1.165) is 34.9 Å². The summed E-state index contributed by atoms with van der Waals surface area (Å²) in [5.41, 5.74) is 2.39. The Bertz CT molecular complexity index is 965. The molecule has 1 heterocycles. The molecule has 2 aromatic carbocycles. The second-order valence-electron chi connectivity index (χ2n) is 8.60. The third kappa shape index (κ3) is 7.22. The summed E-state index contributed by atoms with van der Waals surface area (Å²) in [6, 6.07) is 8.70. The predicted molar refractivity (Wildman–Crippen MR) is 113 cm³/mol. The van der Waals surface area contributed by atoms with Crippen molar-refractivity contribution in [3.8, 4) is 0 Å². The van der Waals surface area contributed by atoms with Crippen molar-refractivity contribution in [3.05, 3.63) is 69.8 Å². The van der Waals surface area contributed by atoms with Gasteiger partial charge in [0.1, 0.15) is 0 Å². The maximum absolute atomic E-state index is 13.3. The molecule has 0 radical (unpaired) electrons. The van der Waals surface area contributed by atoms with Crippen LogP contribution >= 0.6 is 0 Å². The topological polar surface area (TPSA) is 32.3 Å². The van der Waals surface area contributed by atoms with E-state index in [1.54, 1.807) is 4.90 Å². The molecule has 1 aliphatic rings. The zero-order valence-electron chi connectivity index (χ0n) is 18.4. The van der Waals surface area contributed by atoms with E-state index in [1.165, 1.54) is 0 Å². The highest BCUT2D eigenvalue weighted by Crippen LogP contribution is 2.27. The van der Waals surface area contributed by atoms with Crippen LogP contribution in [0, 0.1) is 13.8 Å². The average Bonchev–Trinajstić information content (AvgIpc) is 2.68. The fourth-order valence-corrected chi connectivity index (χ4v) is 4.13. The molecule has 3 nitrogen and oxygen atoms in total. The summed E-state index contributed by atoms with van der Waals surface area (Å²) in [7, 11) is 0. The Hall–Kier alpha value is -2.55. The molecule has 33 heavy (non-hydrogen) atoms. The largest absolute Gasteiger partial charge is 0.393 e. The Balaban J connectivity index is 1.90. The molecule has 1 saturated heterocycles. The number of alkyl halides is 6. The molecule has 3 rings (SSSR count). The van der Waals surface area contributed by atoms with Crippen LogP contribution in [-0.4, -0.2) is 48.8 Å². The number of aryl methyl sites for hydroxylation is 2. The molecule has 1 atom stereocenters. The van der Waals surface area contributed by atoms with Crippen molar-refractivity contribution < 1.29 is 31.1 Å². The molecule has 0 aliphatic carbocycles. The van der Waals surface area contributed by atoms with Crippen molar-refractivity contribution in [3.63, 3.8) is 0 Å². The zero-order valence-corrected chi connectivity index (χ0v) is 18.4. The Morgan fingerprint density at radius 1 is 0.909 bits per heavy atom. The van der Waals surface area contributed by atoms with Gasteiger partial charge in [-0.25, -0.2) is 0 Å². The van der Waals surface area contributed by atoms with Crippen molar-refractivity contribution in [2.75, 3.05) is 19.6 Å². The van der Waals surface area contributed by atoms with Gasteiger partial charge >= 0.3 is 12.4 Å². The molecule has 0 aromatic heterocycles. The van der Waals surface area contributed by atoms with Crippen LogP contribution in [0.4, 0.5) is 26.3 Å². The molecule has 1 amide bonds. The van der Waals surface area contributed by atoms with Crippen LogP contribution in [0.2, 0.25) is 0 Å². The van der Waals surface area contributed by atoms with Gasteiger partial charge in [0.25, 0.3) is 5.91 Å². The number of nitrogens with one attached hydrogen (secondary N) is 1. The van der Waals surface area contributed by atoms with Gasteiger partial charge in [0.15, 0.2) is 0 Å². The number of rotatable bonds is 5. The number of hydrogen-bond acceptors (Lipinski definition) is 2. The molecule has 0 saturated carbocycles. The molecule has 0 bridgehead atoms. The molecule has 0 spiro atoms. The predicted octanol–water partition coefficient (Wildman–Crippen LogP) is 5.17. The number of hydrogen-bond donors (Lipinski definition) is 1. The summed E-state index contributed by atoms with van der Waals surface area (Å²) >= 11 is 0. The van der Waals surface area contributed by atoms with Crippen LogP contribution in [0.15, 0.2) is 36.4 Å². The molecule has 1 N–H and O–H groups in total. The van der Waals surface area contributed by atoms with Gasteiger partial charge in [-0.2, -0.15) is 26.3 Å². The monoisotopic (exact) mass is 472 g/mol. The van der Waals surface area contributed by atoms with Crippen molar-refractivity contribution in [1.29, 1.82) is 0 Å². The van der Waals surface area contributed by atoms with Crippen LogP contribution in [-0.2, 0) is 19.3 Å². The first kappa shape index (κ1) is 25.1. The van der Waals surface area contributed by atoms with Gasteiger partial charge in [-0.3, -0.25) is 4.79 Å². The smallest absolute Gasteiger partial charge is 0.333 e. The van der Waals surface area contributed by atoms with Crippen LogP contribution in [0.5, 0.6) is 0 Å². The summed E-state index contributed by atoms with van der Waals surface area (Å²) in [5.74, 6) is -0.558. The summed E-state index contributed by atoms with van der Waals surface area (Å²) in [5, 5.41) is 3.21. The summed E-state index contributed by atoms with van der Waals surface area (Å²) in [6.07, 6.45) is -11.5. The maximum atomic E-state index is 13.3. The number of piperazine rings is 1. The normalized spacial score (nSPS) is 17.3. The Labute approximate surface area is 188 Å².